The Bertz CT molecular complexity index is 1070. The lowest BCUT2D eigenvalue weighted by Gasteiger charge is -2.38. The molecule has 0 aromatic heterocycles. The molecule has 2 aliphatic heterocycles. The Morgan fingerprint density at radius 1 is 1.20 bits per heavy atom. The molecule has 0 radical (unpaired) electrons. The summed E-state index contributed by atoms with van der Waals surface area (Å²) >= 11 is 0. The summed E-state index contributed by atoms with van der Waals surface area (Å²) in [4.78, 5) is 39.9. The van der Waals surface area contributed by atoms with Gasteiger partial charge in [0.25, 0.3) is 0 Å². The Hall–Kier alpha value is -2.73. The SMILES string of the molecule is CC[C@H](O)[C@@H](C)O[C@@H](C)C[C@H](C)/C=C/C=C(\C)[C@H]1OC(=O)C[C@H](O)CC[C@@](C)(OC(=O)N2CCNCC2)[C@@H](OC(C)=O)/C=C/[C@@H]1C. The van der Waals surface area contributed by atoms with Gasteiger partial charge in [0.1, 0.15) is 6.10 Å². The Morgan fingerprint density at radius 3 is 2.50 bits per heavy atom. The van der Waals surface area contributed by atoms with Crippen molar-refractivity contribution in [3.63, 3.8) is 0 Å². The highest BCUT2D eigenvalue weighted by atomic mass is 16.6. The molecular formula is C35H58N2O9. The lowest BCUT2D eigenvalue weighted by Crippen LogP contribution is -2.52. The van der Waals surface area contributed by atoms with Gasteiger partial charge in [-0.25, -0.2) is 4.79 Å². The van der Waals surface area contributed by atoms with Gasteiger partial charge in [-0.3, -0.25) is 9.59 Å². The number of amides is 1. The first kappa shape index (κ1) is 39.4. The van der Waals surface area contributed by atoms with Gasteiger partial charge in [-0.05, 0) is 70.9 Å². The fraction of sp³-hybridized carbons (Fsp3) is 0.743. The van der Waals surface area contributed by atoms with Gasteiger partial charge in [0.15, 0.2) is 11.7 Å². The highest BCUT2D eigenvalue weighted by Crippen LogP contribution is 2.31. The number of carbonyl (C=O) groups excluding carboxylic acids is 3. The third-order valence-corrected chi connectivity index (χ3v) is 8.65. The summed E-state index contributed by atoms with van der Waals surface area (Å²) in [7, 11) is 0. The molecule has 0 bridgehead atoms. The predicted octanol–water partition coefficient (Wildman–Crippen LogP) is 4.46. The van der Waals surface area contributed by atoms with Crippen molar-refractivity contribution >= 4 is 18.0 Å². The van der Waals surface area contributed by atoms with Crippen LogP contribution in [0.3, 0.4) is 0 Å². The number of allylic oxidation sites excluding steroid dienone is 3. The maximum atomic E-state index is 13.2. The van der Waals surface area contributed by atoms with Gasteiger partial charge in [-0.1, -0.05) is 45.1 Å². The number of carbonyl (C=O) groups is 3. The maximum Gasteiger partial charge on any atom is 0.410 e. The van der Waals surface area contributed by atoms with Crippen molar-refractivity contribution in [1.82, 2.24) is 10.2 Å². The van der Waals surface area contributed by atoms with Gasteiger partial charge < -0.3 is 39.4 Å². The number of nitrogens with zero attached hydrogens (tertiary/aromatic N) is 1. The second kappa shape index (κ2) is 19.2. The van der Waals surface area contributed by atoms with E-state index in [1.165, 1.54) is 6.92 Å². The van der Waals surface area contributed by atoms with Gasteiger partial charge in [-0.15, -0.1) is 0 Å². The van der Waals surface area contributed by atoms with E-state index in [0.717, 1.165) is 12.0 Å². The van der Waals surface area contributed by atoms with E-state index in [4.69, 9.17) is 18.9 Å². The van der Waals surface area contributed by atoms with Gasteiger partial charge >= 0.3 is 18.0 Å². The van der Waals surface area contributed by atoms with Crippen LogP contribution in [0.1, 0.15) is 87.5 Å². The summed E-state index contributed by atoms with van der Waals surface area (Å²) in [6.07, 6.45) is 6.96. The summed E-state index contributed by atoms with van der Waals surface area (Å²) in [6, 6.07) is 0. The zero-order valence-corrected chi connectivity index (χ0v) is 29.1. The van der Waals surface area contributed by atoms with Crippen LogP contribution in [0.15, 0.2) is 36.0 Å². The fourth-order valence-corrected chi connectivity index (χ4v) is 5.78. The number of aliphatic hydroxyl groups excluding tert-OH is 2. The van der Waals surface area contributed by atoms with Crippen LogP contribution >= 0.6 is 0 Å². The summed E-state index contributed by atoms with van der Waals surface area (Å²) in [5, 5.41) is 24.0. The Morgan fingerprint density at radius 2 is 1.87 bits per heavy atom. The number of hydrogen-bond donors (Lipinski definition) is 3. The van der Waals surface area contributed by atoms with Crippen LogP contribution in [0, 0.1) is 11.8 Å². The predicted molar refractivity (Wildman–Crippen MR) is 176 cm³/mol. The van der Waals surface area contributed by atoms with Crippen molar-refractivity contribution in [1.29, 1.82) is 0 Å². The van der Waals surface area contributed by atoms with Crippen LogP contribution in [0.5, 0.6) is 0 Å². The molecule has 0 aliphatic carbocycles. The number of aliphatic hydroxyl groups is 2. The van der Waals surface area contributed by atoms with Gasteiger partial charge in [-0.2, -0.15) is 0 Å². The van der Waals surface area contributed by atoms with Crippen LogP contribution in [0.2, 0.25) is 0 Å². The fourth-order valence-electron chi connectivity index (χ4n) is 5.78. The molecule has 11 nitrogen and oxygen atoms in total. The zero-order chi connectivity index (χ0) is 34.4. The third kappa shape index (κ3) is 13.2. The van der Waals surface area contributed by atoms with Crippen molar-refractivity contribution in [2.45, 2.75) is 130 Å². The molecule has 0 spiro atoms. The average Bonchev–Trinajstić information content (AvgIpc) is 2.99. The van der Waals surface area contributed by atoms with E-state index in [-0.39, 0.29) is 43.3 Å². The van der Waals surface area contributed by atoms with E-state index in [9.17, 15) is 24.6 Å². The number of ether oxygens (including phenoxy) is 4. The highest BCUT2D eigenvalue weighted by molar-refractivity contribution is 5.71. The van der Waals surface area contributed by atoms with Crippen molar-refractivity contribution in [2.24, 2.45) is 11.8 Å². The summed E-state index contributed by atoms with van der Waals surface area (Å²) < 4.78 is 23.5. The molecule has 9 atom stereocenters. The average molecular weight is 651 g/mol. The number of nitrogens with one attached hydrogen (secondary N) is 1. The molecule has 2 heterocycles. The lowest BCUT2D eigenvalue weighted by molar-refractivity contribution is -0.158. The van der Waals surface area contributed by atoms with Crippen molar-refractivity contribution < 1.29 is 43.5 Å². The standard InChI is InChI=1S/C35H58N2O9/c1-9-30(40)27(6)43-26(5)21-23(2)11-10-12-24(3)33-25(4)13-14-31(44-28(7)38)35(8,16-15-29(39)22-32(41)45-33)46-34(42)37-19-17-36-18-20-37/h10-14,23,25-27,29-31,33,36,39-40H,9,15-22H2,1-8H3/b11-10+,14-13+,24-12+/t23-,25+,26+,27-,29-,30+,31+,33-,35-/m1/s1. The number of esters is 2. The van der Waals surface area contributed by atoms with E-state index in [1.807, 2.05) is 52.8 Å². The van der Waals surface area contributed by atoms with Crippen LogP contribution in [0.4, 0.5) is 4.79 Å². The minimum Gasteiger partial charge on any atom is -0.457 e. The van der Waals surface area contributed by atoms with Gasteiger partial charge in [0.05, 0.1) is 30.8 Å². The first-order chi connectivity index (χ1) is 21.6. The van der Waals surface area contributed by atoms with E-state index >= 15 is 0 Å². The molecule has 262 valence electrons. The van der Waals surface area contributed by atoms with E-state index in [2.05, 4.69) is 18.3 Å². The van der Waals surface area contributed by atoms with Crippen molar-refractivity contribution in [3.05, 3.63) is 36.0 Å². The number of piperazine rings is 1. The van der Waals surface area contributed by atoms with Crippen LogP contribution in [0.25, 0.3) is 0 Å². The molecule has 2 aliphatic rings. The van der Waals surface area contributed by atoms with Crippen molar-refractivity contribution in [3.8, 4) is 0 Å². The zero-order valence-electron chi connectivity index (χ0n) is 29.1. The minimum atomic E-state index is -1.29. The van der Waals surface area contributed by atoms with E-state index < -0.39 is 48.0 Å². The smallest absolute Gasteiger partial charge is 0.410 e. The second-order valence-corrected chi connectivity index (χ2v) is 13.1. The van der Waals surface area contributed by atoms with Gasteiger partial charge in [0.2, 0.25) is 0 Å². The molecule has 0 aromatic carbocycles. The monoisotopic (exact) mass is 650 g/mol. The molecule has 11 heteroatoms. The molecule has 1 fully saturated rings. The van der Waals surface area contributed by atoms with Crippen LogP contribution < -0.4 is 5.32 Å². The minimum absolute atomic E-state index is 0.0308. The first-order valence-electron chi connectivity index (χ1n) is 16.7. The molecule has 46 heavy (non-hydrogen) atoms. The highest BCUT2D eigenvalue weighted by Gasteiger charge is 2.41. The van der Waals surface area contributed by atoms with E-state index in [0.29, 0.717) is 32.6 Å². The molecule has 0 aromatic rings. The molecule has 3 N–H and O–H groups in total. The largest absolute Gasteiger partial charge is 0.457 e. The first-order valence-corrected chi connectivity index (χ1v) is 16.7. The molecule has 1 saturated heterocycles. The molecule has 0 saturated carbocycles. The summed E-state index contributed by atoms with van der Waals surface area (Å²) in [6.45, 7) is 16.9. The summed E-state index contributed by atoms with van der Waals surface area (Å²) in [5.74, 6) is -1.21. The second-order valence-electron chi connectivity index (χ2n) is 13.1. The molecule has 1 amide bonds. The Balaban J connectivity index is 2.27. The lowest BCUT2D eigenvalue weighted by atomic mass is 9.88. The number of hydrogen-bond acceptors (Lipinski definition) is 10. The maximum absolute atomic E-state index is 13.2. The molecule has 0 unspecified atom stereocenters. The molecule has 2 rings (SSSR count). The third-order valence-electron chi connectivity index (χ3n) is 8.65. The van der Waals surface area contributed by atoms with Crippen LogP contribution in [-0.2, 0) is 28.5 Å². The Kier molecular flexibility index (Phi) is 16.4. The van der Waals surface area contributed by atoms with Crippen LogP contribution in [-0.4, -0.2) is 102 Å². The normalized spacial score (nSPS) is 30.3. The quantitative estimate of drug-likeness (QED) is 0.127. The molecular weight excluding hydrogens is 592 g/mol. The summed E-state index contributed by atoms with van der Waals surface area (Å²) in [5.41, 5.74) is -0.498. The Labute approximate surface area is 275 Å². The van der Waals surface area contributed by atoms with E-state index in [1.54, 1.807) is 17.9 Å². The topological polar surface area (TPSA) is 144 Å². The van der Waals surface area contributed by atoms with Crippen molar-refractivity contribution in [2.75, 3.05) is 26.2 Å². The number of rotatable bonds is 11. The van der Waals surface area contributed by atoms with Gasteiger partial charge in [0, 0.05) is 39.0 Å². The number of cyclic esters (lactones) is 1.